The zero-order valence-corrected chi connectivity index (χ0v) is 19.4. The van der Waals surface area contributed by atoms with Gasteiger partial charge in [-0.3, -0.25) is 9.36 Å². The lowest BCUT2D eigenvalue weighted by Gasteiger charge is -2.16. The lowest BCUT2D eigenvalue weighted by atomic mass is 10.2. The third-order valence-electron chi connectivity index (χ3n) is 5.80. The third kappa shape index (κ3) is 4.54. The maximum absolute atomic E-state index is 13.3. The Kier molecular flexibility index (Phi) is 6.20. The number of fused-ring (bicyclic) bond motifs is 1. The average molecular weight is 464 g/mol. The van der Waals surface area contributed by atoms with Gasteiger partial charge in [-0.05, 0) is 56.2 Å². The standard InChI is InChI=1S/C25H25N3O4S/c1-16-22(26-23(32-16)17-9-11-18(30-2)12-10-17)15-33-25-27-21-8-4-3-7-20(21)24(29)28(25)14-19-6-5-13-31-19/h3-4,7-12,19H,5-6,13-15H2,1-2H3/t19-/m1/s1. The van der Waals surface area contributed by atoms with Crippen LogP contribution in [-0.4, -0.2) is 34.4 Å². The van der Waals surface area contributed by atoms with E-state index in [0.717, 1.165) is 42.2 Å². The van der Waals surface area contributed by atoms with E-state index in [0.29, 0.717) is 34.2 Å². The van der Waals surface area contributed by atoms with E-state index in [1.54, 1.807) is 11.7 Å². The molecule has 8 heteroatoms. The Labute approximate surface area is 195 Å². The number of benzene rings is 2. The summed E-state index contributed by atoms with van der Waals surface area (Å²) in [6.07, 6.45) is 2.02. The van der Waals surface area contributed by atoms with Crippen molar-refractivity contribution in [2.24, 2.45) is 0 Å². The second-order valence-corrected chi connectivity index (χ2v) is 8.94. The smallest absolute Gasteiger partial charge is 0.262 e. The molecule has 0 unspecified atom stereocenters. The molecule has 1 fully saturated rings. The molecule has 3 heterocycles. The predicted molar refractivity (Wildman–Crippen MR) is 128 cm³/mol. The molecule has 0 spiro atoms. The van der Waals surface area contributed by atoms with Crippen LogP contribution in [0.3, 0.4) is 0 Å². The Balaban J connectivity index is 1.43. The van der Waals surface area contributed by atoms with Crippen molar-refractivity contribution >= 4 is 22.7 Å². The fourth-order valence-electron chi connectivity index (χ4n) is 3.96. The number of aromatic nitrogens is 3. The summed E-state index contributed by atoms with van der Waals surface area (Å²) in [5.74, 6) is 2.64. The summed E-state index contributed by atoms with van der Waals surface area (Å²) in [4.78, 5) is 22.8. The van der Waals surface area contributed by atoms with E-state index in [-0.39, 0.29) is 11.7 Å². The molecule has 0 bridgehead atoms. The first kappa shape index (κ1) is 21.7. The molecule has 170 valence electrons. The summed E-state index contributed by atoms with van der Waals surface area (Å²) in [6.45, 7) is 3.16. The van der Waals surface area contributed by atoms with Crippen LogP contribution in [0.5, 0.6) is 5.75 Å². The Morgan fingerprint density at radius 1 is 1.15 bits per heavy atom. The highest BCUT2D eigenvalue weighted by Crippen LogP contribution is 2.28. The molecule has 1 aliphatic heterocycles. The molecule has 4 aromatic rings. The summed E-state index contributed by atoms with van der Waals surface area (Å²) in [5.41, 5.74) is 2.38. The van der Waals surface area contributed by atoms with Crippen LogP contribution in [0, 0.1) is 6.92 Å². The molecule has 1 atom stereocenters. The normalized spacial score (nSPS) is 15.9. The van der Waals surface area contributed by atoms with Crippen LogP contribution in [0.2, 0.25) is 0 Å². The fraction of sp³-hybridized carbons (Fsp3) is 0.320. The molecule has 2 aromatic carbocycles. The van der Waals surface area contributed by atoms with Crippen molar-refractivity contribution in [3.63, 3.8) is 0 Å². The number of nitrogens with zero attached hydrogens (tertiary/aromatic N) is 3. The van der Waals surface area contributed by atoms with Gasteiger partial charge >= 0.3 is 0 Å². The first-order valence-corrected chi connectivity index (χ1v) is 12.0. The number of hydrogen-bond acceptors (Lipinski definition) is 7. The van der Waals surface area contributed by atoms with Crippen LogP contribution < -0.4 is 10.3 Å². The number of hydrogen-bond donors (Lipinski definition) is 0. The van der Waals surface area contributed by atoms with Gasteiger partial charge in [0, 0.05) is 17.9 Å². The third-order valence-corrected chi connectivity index (χ3v) is 6.79. The molecule has 0 radical (unpaired) electrons. The monoisotopic (exact) mass is 463 g/mol. The minimum atomic E-state index is -0.0330. The van der Waals surface area contributed by atoms with Crippen molar-refractivity contribution in [2.45, 2.75) is 43.3 Å². The summed E-state index contributed by atoms with van der Waals surface area (Å²) < 4.78 is 18.7. The Morgan fingerprint density at radius 2 is 1.97 bits per heavy atom. The lowest BCUT2D eigenvalue weighted by molar-refractivity contribution is 0.0937. The molecule has 0 amide bonds. The molecule has 7 nitrogen and oxygen atoms in total. The van der Waals surface area contributed by atoms with Crippen LogP contribution in [0.4, 0.5) is 0 Å². The Morgan fingerprint density at radius 3 is 2.73 bits per heavy atom. The van der Waals surface area contributed by atoms with Gasteiger partial charge in [-0.15, -0.1) is 0 Å². The molecule has 33 heavy (non-hydrogen) atoms. The van der Waals surface area contributed by atoms with Gasteiger partial charge < -0.3 is 13.9 Å². The zero-order chi connectivity index (χ0) is 22.8. The number of oxazole rings is 1. The van der Waals surface area contributed by atoms with Crippen molar-refractivity contribution in [1.82, 2.24) is 14.5 Å². The number of para-hydroxylation sites is 1. The van der Waals surface area contributed by atoms with Gasteiger partial charge in [0.2, 0.25) is 5.89 Å². The quantitative estimate of drug-likeness (QED) is 0.287. The Hall–Kier alpha value is -3.10. The SMILES string of the molecule is COc1ccc(-c2nc(CSc3nc4ccccc4c(=O)n3C[C@H]3CCCO3)c(C)o2)cc1. The minimum Gasteiger partial charge on any atom is -0.497 e. The highest BCUT2D eigenvalue weighted by atomic mass is 32.2. The number of ether oxygens (including phenoxy) is 2. The summed E-state index contributed by atoms with van der Waals surface area (Å²) in [5, 5.41) is 1.29. The van der Waals surface area contributed by atoms with Gasteiger partial charge in [0.05, 0.1) is 36.4 Å². The molecule has 1 aliphatic rings. The van der Waals surface area contributed by atoms with Crippen molar-refractivity contribution in [2.75, 3.05) is 13.7 Å². The predicted octanol–water partition coefficient (Wildman–Crippen LogP) is 4.84. The lowest BCUT2D eigenvalue weighted by Crippen LogP contribution is -2.28. The van der Waals surface area contributed by atoms with E-state index in [2.05, 4.69) is 0 Å². The van der Waals surface area contributed by atoms with Gasteiger partial charge in [-0.25, -0.2) is 9.97 Å². The number of rotatable bonds is 7. The van der Waals surface area contributed by atoms with Gasteiger partial charge in [0.25, 0.3) is 5.56 Å². The first-order chi connectivity index (χ1) is 16.1. The number of thioether (sulfide) groups is 1. The highest BCUT2D eigenvalue weighted by Gasteiger charge is 2.21. The van der Waals surface area contributed by atoms with Crippen LogP contribution in [0.1, 0.15) is 24.3 Å². The molecule has 5 rings (SSSR count). The second-order valence-electron chi connectivity index (χ2n) is 8.00. The Bertz CT molecular complexity index is 1320. The molecule has 2 aromatic heterocycles. The van der Waals surface area contributed by atoms with E-state index in [4.69, 9.17) is 23.9 Å². The number of methoxy groups -OCH3 is 1. The summed E-state index contributed by atoms with van der Waals surface area (Å²) in [7, 11) is 1.64. The van der Waals surface area contributed by atoms with E-state index in [1.807, 2.05) is 55.5 Å². The number of aryl methyl sites for hydroxylation is 1. The van der Waals surface area contributed by atoms with E-state index in [1.165, 1.54) is 11.8 Å². The van der Waals surface area contributed by atoms with Crippen molar-refractivity contribution in [3.8, 4) is 17.2 Å². The molecule has 1 saturated heterocycles. The summed E-state index contributed by atoms with van der Waals surface area (Å²) >= 11 is 1.50. The van der Waals surface area contributed by atoms with Crippen LogP contribution in [0.15, 0.2) is 62.9 Å². The first-order valence-electron chi connectivity index (χ1n) is 11.0. The summed E-state index contributed by atoms with van der Waals surface area (Å²) in [6, 6.07) is 15.1. The van der Waals surface area contributed by atoms with E-state index < -0.39 is 0 Å². The van der Waals surface area contributed by atoms with Crippen molar-refractivity contribution in [1.29, 1.82) is 0 Å². The maximum Gasteiger partial charge on any atom is 0.262 e. The van der Waals surface area contributed by atoms with Crippen molar-refractivity contribution in [3.05, 3.63) is 70.3 Å². The van der Waals surface area contributed by atoms with Gasteiger partial charge in [-0.2, -0.15) is 0 Å². The van der Waals surface area contributed by atoms with Gasteiger partial charge in [0.15, 0.2) is 5.16 Å². The van der Waals surface area contributed by atoms with Crippen LogP contribution >= 0.6 is 11.8 Å². The maximum atomic E-state index is 13.3. The van der Waals surface area contributed by atoms with Gasteiger partial charge in [-0.1, -0.05) is 23.9 Å². The van der Waals surface area contributed by atoms with Crippen LogP contribution in [0.25, 0.3) is 22.4 Å². The fourth-order valence-corrected chi connectivity index (χ4v) is 4.97. The van der Waals surface area contributed by atoms with Gasteiger partial charge in [0.1, 0.15) is 11.5 Å². The van der Waals surface area contributed by atoms with Crippen molar-refractivity contribution < 1.29 is 13.9 Å². The molecule has 0 aliphatic carbocycles. The molecule has 0 N–H and O–H groups in total. The van der Waals surface area contributed by atoms with E-state index in [9.17, 15) is 4.79 Å². The largest absolute Gasteiger partial charge is 0.497 e. The minimum absolute atomic E-state index is 0.0330. The molecular formula is C25H25N3O4S. The topological polar surface area (TPSA) is 79.4 Å². The zero-order valence-electron chi connectivity index (χ0n) is 18.6. The molecular weight excluding hydrogens is 438 g/mol. The van der Waals surface area contributed by atoms with Crippen LogP contribution in [-0.2, 0) is 17.0 Å². The molecule has 0 saturated carbocycles. The highest BCUT2D eigenvalue weighted by molar-refractivity contribution is 7.98. The van der Waals surface area contributed by atoms with E-state index >= 15 is 0 Å². The second kappa shape index (κ2) is 9.41. The average Bonchev–Trinajstić information content (AvgIpc) is 3.49.